The third kappa shape index (κ3) is 3.71. The number of halogens is 1. The molecule has 1 amide bonds. The van der Waals surface area contributed by atoms with Gasteiger partial charge in [-0.05, 0) is 59.0 Å². The van der Waals surface area contributed by atoms with Gasteiger partial charge in [0.05, 0.1) is 4.47 Å². The van der Waals surface area contributed by atoms with Crippen LogP contribution in [0.5, 0.6) is 5.75 Å². The molecule has 116 valence electrons. The Labute approximate surface area is 138 Å². The summed E-state index contributed by atoms with van der Waals surface area (Å²) in [6, 6.07) is 11.1. The van der Waals surface area contributed by atoms with Crippen LogP contribution in [0.3, 0.4) is 0 Å². The Morgan fingerprint density at radius 1 is 1.32 bits per heavy atom. The van der Waals surface area contributed by atoms with Crippen LogP contribution in [0.1, 0.15) is 29.2 Å². The lowest BCUT2D eigenvalue weighted by Crippen LogP contribution is -2.28. The molecule has 3 rings (SSSR count). The Morgan fingerprint density at radius 3 is 2.82 bits per heavy atom. The first-order valence-corrected chi connectivity index (χ1v) is 8.14. The molecule has 0 radical (unpaired) electrons. The molecule has 5 heteroatoms. The van der Waals surface area contributed by atoms with Gasteiger partial charge >= 0.3 is 0 Å². The molecule has 0 bridgehead atoms. The Bertz CT molecular complexity index is 663. The van der Waals surface area contributed by atoms with Crippen LogP contribution in [-0.2, 0) is 6.61 Å². The van der Waals surface area contributed by atoms with E-state index in [4.69, 9.17) is 9.15 Å². The van der Waals surface area contributed by atoms with Gasteiger partial charge in [0.2, 0.25) is 0 Å². The Balaban J connectivity index is 1.58. The lowest BCUT2D eigenvalue weighted by molar-refractivity contribution is 0.0753. The molecular formula is C17H18BrNO3. The zero-order valence-electron chi connectivity index (χ0n) is 12.4. The normalized spacial score (nSPS) is 13.9. The van der Waals surface area contributed by atoms with Crippen molar-refractivity contribution in [2.24, 2.45) is 5.92 Å². The summed E-state index contributed by atoms with van der Waals surface area (Å²) < 4.78 is 12.2. The van der Waals surface area contributed by atoms with E-state index in [0.29, 0.717) is 24.0 Å². The fourth-order valence-corrected chi connectivity index (χ4v) is 2.64. The second-order valence-corrected chi connectivity index (χ2v) is 6.47. The standard InChI is InChI=1S/C17H18BrNO3/c1-19(10-12-6-7-12)17(20)16-9-8-13(22-16)11-21-15-5-3-2-4-14(15)18/h2-5,8-9,12H,6-7,10-11H2,1H3. The van der Waals surface area contributed by atoms with E-state index < -0.39 is 0 Å². The van der Waals surface area contributed by atoms with Crippen LogP contribution in [0.15, 0.2) is 45.3 Å². The first kappa shape index (κ1) is 15.2. The SMILES string of the molecule is CN(CC1CC1)C(=O)c1ccc(COc2ccccc2Br)o1. The first-order chi connectivity index (χ1) is 10.6. The van der Waals surface area contributed by atoms with Crippen molar-refractivity contribution in [2.45, 2.75) is 19.4 Å². The maximum absolute atomic E-state index is 12.2. The van der Waals surface area contributed by atoms with Crippen molar-refractivity contribution in [2.75, 3.05) is 13.6 Å². The molecule has 1 aliphatic rings. The number of amides is 1. The fourth-order valence-electron chi connectivity index (χ4n) is 2.24. The number of carbonyl (C=O) groups is 1. The van der Waals surface area contributed by atoms with Gasteiger partial charge in [-0.2, -0.15) is 0 Å². The Kier molecular flexibility index (Phi) is 4.52. The van der Waals surface area contributed by atoms with Crippen molar-refractivity contribution in [3.05, 3.63) is 52.4 Å². The molecule has 22 heavy (non-hydrogen) atoms. The molecule has 1 aliphatic carbocycles. The van der Waals surface area contributed by atoms with Gasteiger partial charge in [-0.15, -0.1) is 0 Å². The monoisotopic (exact) mass is 363 g/mol. The summed E-state index contributed by atoms with van der Waals surface area (Å²) in [5.41, 5.74) is 0. The zero-order chi connectivity index (χ0) is 15.5. The number of hydrogen-bond acceptors (Lipinski definition) is 3. The number of ether oxygens (including phenoxy) is 1. The highest BCUT2D eigenvalue weighted by Gasteiger charge is 2.26. The number of carbonyl (C=O) groups excluding carboxylic acids is 1. The second-order valence-electron chi connectivity index (χ2n) is 5.61. The maximum atomic E-state index is 12.2. The van der Waals surface area contributed by atoms with E-state index in [1.54, 1.807) is 17.0 Å². The van der Waals surface area contributed by atoms with Gasteiger partial charge in [-0.25, -0.2) is 0 Å². The van der Waals surface area contributed by atoms with Crippen molar-refractivity contribution in [1.29, 1.82) is 0 Å². The number of furan rings is 1. The fraction of sp³-hybridized carbons (Fsp3) is 0.353. The van der Waals surface area contributed by atoms with Crippen molar-refractivity contribution < 1.29 is 13.9 Å². The minimum absolute atomic E-state index is 0.0703. The number of hydrogen-bond donors (Lipinski definition) is 0. The molecule has 4 nitrogen and oxygen atoms in total. The number of para-hydroxylation sites is 1. The molecule has 2 aromatic rings. The quantitative estimate of drug-likeness (QED) is 0.775. The van der Waals surface area contributed by atoms with Gasteiger partial charge in [-0.3, -0.25) is 4.79 Å². The lowest BCUT2D eigenvalue weighted by atomic mass is 10.3. The predicted octanol–water partition coefficient (Wildman–Crippen LogP) is 4.10. The molecule has 1 aromatic heterocycles. The van der Waals surface area contributed by atoms with E-state index in [2.05, 4.69) is 15.9 Å². The zero-order valence-corrected chi connectivity index (χ0v) is 14.0. The predicted molar refractivity (Wildman–Crippen MR) is 86.9 cm³/mol. The molecule has 0 unspecified atom stereocenters. The van der Waals surface area contributed by atoms with Crippen molar-refractivity contribution in [3.8, 4) is 5.75 Å². The van der Waals surface area contributed by atoms with E-state index >= 15 is 0 Å². The topological polar surface area (TPSA) is 42.7 Å². The summed E-state index contributed by atoms with van der Waals surface area (Å²) >= 11 is 3.43. The Hall–Kier alpha value is -1.75. The molecule has 0 N–H and O–H groups in total. The van der Waals surface area contributed by atoms with E-state index in [9.17, 15) is 4.79 Å². The molecule has 1 aromatic carbocycles. The summed E-state index contributed by atoms with van der Waals surface area (Å²) in [5.74, 6) is 2.35. The summed E-state index contributed by atoms with van der Waals surface area (Å²) in [6.45, 7) is 1.10. The Morgan fingerprint density at radius 2 is 2.09 bits per heavy atom. The van der Waals surface area contributed by atoms with Gasteiger partial charge in [0.15, 0.2) is 5.76 Å². The van der Waals surface area contributed by atoms with Gasteiger partial charge in [0, 0.05) is 13.6 Å². The van der Waals surface area contributed by atoms with Crippen LogP contribution in [-0.4, -0.2) is 24.4 Å². The maximum Gasteiger partial charge on any atom is 0.289 e. The lowest BCUT2D eigenvalue weighted by Gasteiger charge is -2.14. The van der Waals surface area contributed by atoms with E-state index in [1.807, 2.05) is 31.3 Å². The van der Waals surface area contributed by atoms with Crippen LogP contribution in [0, 0.1) is 5.92 Å². The number of benzene rings is 1. The molecule has 0 aliphatic heterocycles. The smallest absolute Gasteiger partial charge is 0.289 e. The van der Waals surface area contributed by atoms with Crippen LogP contribution >= 0.6 is 15.9 Å². The van der Waals surface area contributed by atoms with Gasteiger partial charge in [-0.1, -0.05) is 12.1 Å². The summed E-state index contributed by atoms with van der Waals surface area (Å²) in [6.07, 6.45) is 2.45. The molecule has 0 atom stereocenters. The highest BCUT2D eigenvalue weighted by atomic mass is 79.9. The van der Waals surface area contributed by atoms with Crippen molar-refractivity contribution in [1.82, 2.24) is 4.90 Å². The third-order valence-corrected chi connectivity index (χ3v) is 4.31. The average molecular weight is 364 g/mol. The average Bonchev–Trinajstić information content (AvgIpc) is 3.20. The van der Waals surface area contributed by atoms with Gasteiger partial charge in [0.1, 0.15) is 18.1 Å². The third-order valence-electron chi connectivity index (χ3n) is 3.65. The first-order valence-electron chi connectivity index (χ1n) is 7.35. The molecular weight excluding hydrogens is 346 g/mol. The molecule has 1 saturated carbocycles. The van der Waals surface area contributed by atoms with Crippen LogP contribution in [0.25, 0.3) is 0 Å². The largest absolute Gasteiger partial charge is 0.484 e. The number of rotatable bonds is 6. The highest BCUT2D eigenvalue weighted by molar-refractivity contribution is 9.10. The molecule has 1 fully saturated rings. The molecule has 1 heterocycles. The minimum atomic E-state index is -0.0703. The summed E-state index contributed by atoms with van der Waals surface area (Å²) in [7, 11) is 1.82. The van der Waals surface area contributed by atoms with Gasteiger partial charge < -0.3 is 14.1 Å². The van der Waals surface area contributed by atoms with Crippen molar-refractivity contribution >= 4 is 21.8 Å². The van der Waals surface area contributed by atoms with E-state index in [1.165, 1.54) is 12.8 Å². The van der Waals surface area contributed by atoms with E-state index in [0.717, 1.165) is 16.8 Å². The summed E-state index contributed by atoms with van der Waals surface area (Å²) in [5, 5.41) is 0. The second kappa shape index (κ2) is 6.57. The van der Waals surface area contributed by atoms with E-state index in [-0.39, 0.29) is 5.91 Å². The van der Waals surface area contributed by atoms with Crippen LogP contribution in [0.2, 0.25) is 0 Å². The van der Waals surface area contributed by atoms with Crippen LogP contribution in [0.4, 0.5) is 0 Å². The van der Waals surface area contributed by atoms with Crippen molar-refractivity contribution in [3.63, 3.8) is 0 Å². The summed E-state index contributed by atoms with van der Waals surface area (Å²) in [4.78, 5) is 14.0. The molecule has 0 saturated heterocycles. The van der Waals surface area contributed by atoms with Gasteiger partial charge in [0.25, 0.3) is 5.91 Å². The highest BCUT2D eigenvalue weighted by Crippen LogP contribution is 2.30. The van der Waals surface area contributed by atoms with Crippen LogP contribution < -0.4 is 4.74 Å². The number of nitrogens with zero attached hydrogens (tertiary/aromatic N) is 1. The molecule has 0 spiro atoms. The minimum Gasteiger partial charge on any atom is -0.484 e.